The predicted molar refractivity (Wildman–Crippen MR) is 76.5 cm³/mol. The van der Waals surface area contributed by atoms with Crippen molar-refractivity contribution < 1.29 is 13.9 Å². The van der Waals surface area contributed by atoms with Gasteiger partial charge >= 0.3 is 0 Å². The highest BCUT2D eigenvalue weighted by molar-refractivity contribution is 5.97. The largest absolute Gasteiger partial charge is 0.491 e. The lowest BCUT2D eigenvalue weighted by molar-refractivity contribution is -0.122. The van der Waals surface area contributed by atoms with E-state index in [9.17, 15) is 9.18 Å². The Labute approximate surface area is 118 Å². The molecule has 20 heavy (non-hydrogen) atoms. The fourth-order valence-corrected chi connectivity index (χ4v) is 2.37. The van der Waals surface area contributed by atoms with Gasteiger partial charge in [0.25, 0.3) is 0 Å². The number of carbonyl (C=O) groups is 1. The molecule has 1 unspecified atom stereocenters. The molecule has 5 heteroatoms. The Kier molecular flexibility index (Phi) is 4.60. The topological polar surface area (TPSA) is 50.4 Å². The summed E-state index contributed by atoms with van der Waals surface area (Å²) < 4.78 is 18.9. The van der Waals surface area contributed by atoms with Gasteiger partial charge < -0.3 is 15.4 Å². The van der Waals surface area contributed by atoms with Crippen LogP contribution in [-0.2, 0) is 4.79 Å². The molecular formula is C15H21FN2O2. The van der Waals surface area contributed by atoms with E-state index in [1.54, 1.807) is 13.0 Å². The first kappa shape index (κ1) is 14.8. The van der Waals surface area contributed by atoms with Gasteiger partial charge in [0.2, 0.25) is 5.91 Å². The van der Waals surface area contributed by atoms with Gasteiger partial charge in [-0.15, -0.1) is 0 Å². The summed E-state index contributed by atoms with van der Waals surface area (Å²) >= 11 is 0. The minimum atomic E-state index is -0.576. The van der Waals surface area contributed by atoms with Crippen molar-refractivity contribution in [1.82, 2.24) is 5.32 Å². The third kappa shape index (κ3) is 3.28. The fraction of sp³-hybridized carbons (Fsp3) is 0.533. The molecule has 1 heterocycles. The SMILES string of the molecule is CCOc1ccc(NC(=O)C2(C)CCCCN2)cc1F. The molecule has 0 saturated carbocycles. The molecule has 0 bridgehead atoms. The number of hydrogen-bond donors (Lipinski definition) is 2. The second kappa shape index (κ2) is 6.22. The van der Waals surface area contributed by atoms with Gasteiger partial charge in [0, 0.05) is 11.8 Å². The predicted octanol–water partition coefficient (Wildman–Crippen LogP) is 2.70. The van der Waals surface area contributed by atoms with E-state index in [-0.39, 0.29) is 11.7 Å². The number of piperidine rings is 1. The second-order valence-corrected chi connectivity index (χ2v) is 5.25. The first-order valence-corrected chi connectivity index (χ1v) is 7.04. The van der Waals surface area contributed by atoms with Crippen molar-refractivity contribution in [2.24, 2.45) is 0 Å². The fourth-order valence-electron chi connectivity index (χ4n) is 2.37. The molecule has 2 N–H and O–H groups in total. The van der Waals surface area contributed by atoms with Gasteiger partial charge in [-0.25, -0.2) is 4.39 Å². The van der Waals surface area contributed by atoms with Crippen LogP contribution in [0.5, 0.6) is 5.75 Å². The monoisotopic (exact) mass is 280 g/mol. The van der Waals surface area contributed by atoms with E-state index in [0.717, 1.165) is 25.8 Å². The first-order valence-electron chi connectivity index (χ1n) is 7.04. The van der Waals surface area contributed by atoms with Gasteiger partial charge in [0.1, 0.15) is 0 Å². The highest BCUT2D eigenvalue weighted by Crippen LogP contribution is 2.24. The van der Waals surface area contributed by atoms with E-state index in [0.29, 0.717) is 12.3 Å². The summed E-state index contributed by atoms with van der Waals surface area (Å²) in [5.74, 6) is -0.389. The van der Waals surface area contributed by atoms with Crippen molar-refractivity contribution in [2.45, 2.75) is 38.6 Å². The molecular weight excluding hydrogens is 259 g/mol. The van der Waals surface area contributed by atoms with Crippen LogP contribution in [0.4, 0.5) is 10.1 Å². The maximum atomic E-state index is 13.7. The van der Waals surface area contributed by atoms with E-state index in [2.05, 4.69) is 10.6 Å². The number of benzene rings is 1. The van der Waals surface area contributed by atoms with E-state index in [1.165, 1.54) is 12.1 Å². The third-order valence-corrected chi connectivity index (χ3v) is 3.61. The molecule has 0 aliphatic carbocycles. The molecule has 1 aliphatic rings. The van der Waals surface area contributed by atoms with E-state index >= 15 is 0 Å². The molecule has 1 atom stereocenters. The summed E-state index contributed by atoms with van der Waals surface area (Å²) in [5.41, 5.74) is -0.127. The molecule has 1 aliphatic heterocycles. The smallest absolute Gasteiger partial charge is 0.244 e. The van der Waals surface area contributed by atoms with Crippen LogP contribution in [-0.4, -0.2) is 24.6 Å². The minimum Gasteiger partial charge on any atom is -0.491 e. The summed E-state index contributed by atoms with van der Waals surface area (Å²) in [7, 11) is 0. The van der Waals surface area contributed by atoms with Crippen LogP contribution in [0, 0.1) is 5.82 Å². The summed E-state index contributed by atoms with van der Waals surface area (Å²) in [6.07, 6.45) is 2.90. The third-order valence-electron chi connectivity index (χ3n) is 3.61. The highest BCUT2D eigenvalue weighted by Gasteiger charge is 2.34. The summed E-state index contributed by atoms with van der Waals surface area (Å²) in [6.45, 7) is 4.92. The molecule has 1 aromatic rings. The average Bonchev–Trinajstić information content (AvgIpc) is 2.43. The van der Waals surface area contributed by atoms with Gasteiger partial charge in [-0.05, 0) is 51.8 Å². The number of carbonyl (C=O) groups excluding carboxylic acids is 1. The first-order chi connectivity index (χ1) is 9.55. The number of ether oxygens (including phenoxy) is 1. The van der Waals surface area contributed by atoms with E-state index in [1.807, 2.05) is 6.92 Å². The molecule has 1 aromatic carbocycles. The Morgan fingerprint density at radius 3 is 2.90 bits per heavy atom. The van der Waals surface area contributed by atoms with Crippen LogP contribution in [0.15, 0.2) is 18.2 Å². The molecule has 0 radical (unpaired) electrons. The molecule has 0 spiro atoms. The van der Waals surface area contributed by atoms with Crippen molar-refractivity contribution in [2.75, 3.05) is 18.5 Å². The van der Waals surface area contributed by atoms with Gasteiger partial charge in [-0.2, -0.15) is 0 Å². The van der Waals surface area contributed by atoms with Gasteiger partial charge in [-0.3, -0.25) is 4.79 Å². The number of anilines is 1. The van der Waals surface area contributed by atoms with Crippen LogP contribution in [0.1, 0.15) is 33.1 Å². The minimum absolute atomic E-state index is 0.124. The van der Waals surface area contributed by atoms with Crippen LogP contribution < -0.4 is 15.4 Å². The summed E-state index contributed by atoms with van der Waals surface area (Å²) in [6, 6.07) is 4.47. The Morgan fingerprint density at radius 2 is 2.30 bits per heavy atom. The highest BCUT2D eigenvalue weighted by atomic mass is 19.1. The number of rotatable bonds is 4. The summed E-state index contributed by atoms with van der Waals surface area (Å²) in [4.78, 5) is 12.3. The molecule has 1 fully saturated rings. The van der Waals surface area contributed by atoms with Crippen molar-refractivity contribution in [3.63, 3.8) is 0 Å². The Morgan fingerprint density at radius 1 is 1.50 bits per heavy atom. The van der Waals surface area contributed by atoms with Gasteiger partial charge in [0.05, 0.1) is 12.1 Å². The zero-order chi connectivity index (χ0) is 14.6. The number of hydrogen-bond acceptors (Lipinski definition) is 3. The van der Waals surface area contributed by atoms with E-state index < -0.39 is 11.4 Å². The van der Waals surface area contributed by atoms with Gasteiger partial charge in [-0.1, -0.05) is 0 Å². The van der Waals surface area contributed by atoms with Crippen LogP contribution in [0.25, 0.3) is 0 Å². The van der Waals surface area contributed by atoms with E-state index in [4.69, 9.17) is 4.74 Å². The average molecular weight is 280 g/mol. The maximum Gasteiger partial charge on any atom is 0.244 e. The van der Waals surface area contributed by atoms with Crippen LogP contribution in [0.2, 0.25) is 0 Å². The number of halogens is 1. The molecule has 1 saturated heterocycles. The lowest BCUT2D eigenvalue weighted by Gasteiger charge is -2.33. The second-order valence-electron chi connectivity index (χ2n) is 5.25. The normalized spacial score (nSPS) is 22.4. The Hall–Kier alpha value is -1.62. The van der Waals surface area contributed by atoms with Crippen molar-refractivity contribution in [1.29, 1.82) is 0 Å². The Balaban J connectivity index is 2.06. The lowest BCUT2D eigenvalue weighted by atomic mass is 9.90. The quantitative estimate of drug-likeness (QED) is 0.891. The van der Waals surface area contributed by atoms with Crippen LogP contribution in [0.3, 0.4) is 0 Å². The molecule has 2 rings (SSSR count). The maximum absolute atomic E-state index is 13.7. The van der Waals surface area contributed by atoms with Gasteiger partial charge in [0.15, 0.2) is 11.6 Å². The standard InChI is InChI=1S/C15H21FN2O2/c1-3-20-13-7-6-11(10-12(13)16)18-14(19)15(2)8-4-5-9-17-15/h6-7,10,17H,3-5,8-9H2,1-2H3,(H,18,19). The zero-order valence-corrected chi connectivity index (χ0v) is 12.0. The summed E-state index contributed by atoms with van der Waals surface area (Å²) in [5, 5.41) is 6.00. The number of amides is 1. The molecule has 4 nitrogen and oxygen atoms in total. The lowest BCUT2D eigenvalue weighted by Crippen LogP contribution is -2.54. The molecule has 1 amide bonds. The van der Waals surface area contributed by atoms with Crippen LogP contribution >= 0.6 is 0 Å². The molecule has 110 valence electrons. The zero-order valence-electron chi connectivity index (χ0n) is 12.0. The Bertz CT molecular complexity index is 485. The molecule has 0 aromatic heterocycles. The van der Waals surface area contributed by atoms with Crippen molar-refractivity contribution >= 4 is 11.6 Å². The number of nitrogens with one attached hydrogen (secondary N) is 2. The van der Waals surface area contributed by atoms with Crippen molar-refractivity contribution in [3.05, 3.63) is 24.0 Å². The van der Waals surface area contributed by atoms with Crippen molar-refractivity contribution in [3.8, 4) is 5.75 Å².